The molecule has 4 N–H and O–H groups in total. The molecular formula is C33H32F2N4O7. The van der Waals surface area contributed by atoms with Gasteiger partial charge in [-0.3, -0.25) is 14.6 Å². The maximum absolute atomic E-state index is 15.2. The van der Waals surface area contributed by atoms with Crippen molar-refractivity contribution in [1.82, 2.24) is 10.3 Å². The molecule has 0 aliphatic heterocycles. The van der Waals surface area contributed by atoms with Crippen molar-refractivity contribution in [3.05, 3.63) is 78.5 Å². The maximum atomic E-state index is 15.2. The van der Waals surface area contributed by atoms with E-state index in [0.29, 0.717) is 40.3 Å². The first kappa shape index (κ1) is 31.9. The Morgan fingerprint density at radius 2 is 1.54 bits per heavy atom. The molecule has 0 bridgehead atoms. The van der Waals surface area contributed by atoms with Gasteiger partial charge in [-0.1, -0.05) is 13.8 Å². The molecule has 0 spiro atoms. The van der Waals surface area contributed by atoms with Gasteiger partial charge >= 0.3 is 6.09 Å². The zero-order valence-corrected chi connectivity index (χ0v) is 25.2. The average molecular weight is 635 g/mol. The van der Waals surface area contributed by atoms with Crippen molar-refractivity contribution in [3.8, 4) is 23.0 Å². The third-order valence-corrected chi connectivity index (χ3v) is 7.77. The molecule has 3 aromatic carbocycles. The lowest BCUT2D eigenvalue weighted by molar-refractivity contribution is -0.122. The van der Waals surface area contributed by atoms with Gasteiger partial charge in [-0.15, -0.1) is 0 Å². The van der Waals surface area contributed by atoms with Gasteiger partial charge in [-0.25, -0.2) is 13.6 Å². The number of ether oxygens (including phenoxy) is 3. The van der Waals surface area contributed by atoms with E-state index in [1.165, 1.54) is 49.7 Å². The molecule has 1 aliphatic carbocycles. The Hall–Kier alpha value is -5.46. The van der Waals surface area contributed by atoms with E-state index in [1.54, 1.807) is 32.0 Å². The van der Waals surface area contributed by atoms with Gasteiger partial charge in [0.15, 0.2) is 23.1 Å². The van der Waals surface area contributed by atoms with Crippen LogP contribution in [0.25, 0.3) is 10.9 Å². The van der Waals surface area contributed by atoms with Crippen molar-refractivity contribution < 1.29 is 42.5 Å². The van der Waals surface area contributed by atoms with E-state index in [1.807, 2.05) is 0 Å². The van der Waals surface area contributed by atoms with Crippen molar-refractivity contribution >= 4 is 40.2 Å². The van der Waals surface area contributed by atoms with E-state index in [2.05, 4.69) is 20.9 Å². The number of anilines is 2. The Balaban J connectivity index is 1.24. The predicted molar refractivity (Wildman–Crippen MR) is 165 cm³/mol. The van der Waals surface area contributed by atoms with Crippen LogP contribution >= 0.6 is 0 Å². The third-order valence-electron chi connectivity index (χ3n) is 7.77. The van der Waals surface area contributed by atoms with E-state index in [9.17, 15) is 18.8 Å². The van der Waals surface area contributed by atoms with Gasteiger partial charge < -0.3 is 35.3 Å². The van der Waals surface area contributed by atoms with Crippen LogP contribution in [0.1, 0.15) is 20.3 Å². The van der Waals surface area contributed by atoms with Crippen molar-refractivity contribution in [2.75, 3.05) is 30.9 Å². The summed E-state index contributed by atoms with van der Waals surface area (Å²) >= 11 is 0. The summed E-state index contributed by atoms with van der Waals surface area (Å²) in [5.74, 6) is -2.25. The van der Waals surface area contributed by atoms with E-state index in [4.69, 9.17) is 19.3 Å². The van der Waals surface area contributed by atoms with Crippen LogP contribution in [0.3, 0.4) is 0 Å². The number of halogens is 2. The molecule has 1 fully saturated rings. The molecule has 11 nitrogen and oxygen atoms in total. The lowest BCUT2D eigenvalue weighted by Crippen LogP contribution is -2.23. The fourth-order valence-corrected chi connectivity index (χ4v) is 5.31. The smallest absolute Gasteiger partial charge is 0.404 e. The highest BCUT2D eigenvalue weighted by Crippen LogP contribution is 2.59. The van der Waals surface area contributed by atoms with Gasteiger partial charge in [-0.05, 0) is 60.4 Å². The van der Waals surface area contributed by atoms with Crippen molar-refractivity contribution in [2.24, 2.45) is 17.3 Å². The van der Waals surface area contributed by atoms with Gasteiger partial charge in [0.1, 0.15) is 11.6 Å². The summed E-state index contributed by atoms with van der Waals surface area (Å²) in [6, 6.07) is 14.2. The Kier molecular flexibility index (Phi) is 9.21. The van der Waals surface area contributed by atoms with E-state index >= 15 is 4.39 Å². The quantitative estimate of drug-likeness (QED) is 0.135. The predicted octanol–water partition coefficient (Wildman–Crippen LogP) is 6.20. The Morgan fingerprint density at radius 1 is 0.870 bits per heavy atom. The first-order valence-corrected chi connectivity index (χ1v) is 14.4. The van der Waals surface area contributed by atoms with Gasteiger partial charge in [-0.2, -0.15) is 0 Å². The number of carbonyl (C=O) groups excluding carboxylic acids is 2. The van der Waals surface area contributed by atoms with Crippen LogP contribution < -0.4 is 30.2 Å². The van der Waals surface area contributed by atoms with Gasteiger partial charge in [0.05, 0.1) is 31.1 Å². The molecule has 240 valence electrons. The number of fused-ring (bicyclic) bond motifs is 1. The van der Waals surface area contributed by atoms with Crippen LogP contribution in [0.2, 0.25) is 0 Å². The number of pyridine rings is 1. The van der Waals surface area contributed by atoms with Crippen molar-refractivity contribution in [3.63, 3.8) is 0 Å². The zero-order valence-electron chi connectivity index (χ0n) is 25.2. The van der Waals surface area contributed by atoms with E-state index in [-0.39, 0.29) is 30.5 Å². The minimum absolute atomic E-state index is 0.0981. The van der Waals surface area contributed by atoms with Crippen LogP contribution in [-0.2, 0) is 9.59 Å². The second-order valence-corrected chi connectivity index (χ2v) is 11.3. The lowest BCUT2D eigenvalue weighted by Gasteiger charge is -2.14. The monoisotopic (exact) mass is 634 g/mol. The summed E-state index contributed by atoms with van der Waals surface area (Å²) in [7, 11) is 1.46. The zero-order chi connectivity index (χ0) is 33.0. The molecule has 1 heterocycles. The SMILES string of the molecule is COc1cc2c(Oc3ccc(NC(=O)[C@H]4[C@@H](C(=O)Nc5ccc(F)cc5)C4(C)C)cc3F)ccnc2cc1OCCCNC(=O)O. The van der Waals surface area contributed by atoms with Crippen LogP contribution in [0.5, 0.6) is 23.0 Å². The van der Waals surface area contributed by atoms with Crippen LogP contribution in [0, 0.1) is 28.9 Å². The molecule has 5 rings (SSSR count). The standard InChI is InChI=1S/C33H32F2N4O7/c1-33(2)28(30(40)38-19-7-5-18(34)6-8-19)29(33)31(41)39-20-9-10-25(22(35)15-20)46-24-11-13-36-23-17-27(26(44-3)16-21(23)24)45-14-4-12-37-32(42)43/h5-11,13,15-17,28-29,37H,4,12,14H2,1-3H3,(H,38,40)(H,39,41)(H,42,43)/t28-,29+/m0/s1. The minimum atomic E-state index is -1.11. The summed E-state index contributed by atoms with van der Waals surface area (Å²) in [5, 5.41) is 16.9. The molecular weight excluding hydrogens is 602 g/mol. The van der Waals surface area contributed by atoms with E-state index < -0.39 is 40.9 Å². The highest BCUT2D eigenvalue weighted by atomic mass is 19.1. The van der Waals surface area contributed by atoms with Crippen molar-refractivity contribution in [2.45, 2.75) is 20.3 Å². The molecule has 46 heavy (non-hydrogen) atoms. The lowest BCUT2D eigenvalue weighted by atomic mass is 10.1. The molecule has 1 saturated carbocycles. The Morgan fingerprint density at radius 3 is 2.20 bits per heavy atom. The summed E-state index contributed by atoms with van der Waals surface area (Å²) < 4.78 is 45.5. The fourth-order valence-electron chi connectivity index (χ4n) is 5.31. The van der Waals surface area contributed by atoms with Crippen LogP contribution in [0.15, 0.2) is 66.9 Å². The first-order valence-electron chi connectivity index (χ1n) is 14.4. The van der Waals surface area contributed by atoms with Crippen LogP contribution in [0.4, 0.5) is 25.0 Å². The number of nitrogens with zero attached hydrogens (tertiary/aromatic N) is 1. The second kappa shape index (κ2) is 13.3. The average Bonchev–Trinajstić information content (AvgIpc) is 3.61. The molecule has 13 heteroatoms. The number of hydrogen-bond acceptors (Lipinski definition) is 7. The number of amides is 3. The maximum Gasteiger partial charge on any atom is 0.404 e. The van der Waals surface area contributed by atoms with Gasteiger partial charge in [0, 0.05) is 41.6 Å². The fraction of sp³-hybridized carbons (Fsp3) is 0.273. The molecule has 2 atom stereocenters. The molecule has 0 saturated heterocycles. The highest BCUT2D eigenvalue weighted by Gasteiger charge is 2.65. The molecule has 0 unspecified atom stereocenters. The number of carbonyl (C=O) groups is 3. The third kappa shape index (κ3) is 7.09. The number of methoxy groups -OCH3 is 1. The summed E-state index contributed by atoms with van der Waals surface area (Å²) in [4.78, 5) is 40.9. The van der Waals surface area contributed by atoms with Gasteiger partial charge in [0.2, 0.25) is 11.8 Å². The molecule has 0 radical (unpaired) electrons. The Labute approximate surface area is 262 Å². The minimum Gasteiger partial charge on any atom is -0.493 e. The number of aromatic nitrogens is 1. The first-order chi connectivity index (χ1) is 22.0. The molecule has 1 aromatic heterocycles. The van der Waals surface area contributed by atoms with Crippen molar-refractivity contribution in [1.29, 1.82) is 0 Å². The topological polar surface area (TPSA) is 148 Å². The highest BCUT2D eigenvalue weighted by molar-refractivity contribution is 6.04. The number of hydrogen-bond donors (Lipinski definition) is 4. The Bertz CT molecular complexity index is 1780. The normalized spacial score (nSPS) is 16.3. The summed E-state index contributed by atoms with van der Waals surface area (Å²) in [5.41, 5.74) is 0.466. The van der Waals surface area contributed by atoms with Gasteiger partial charge in [0.25, 0.3) is 0 Å². The van der Waals surface area contributed by atoms with Crippen LogP contribution in [-0.4, -0.2) is 48.3 Å². The second-order valence-electron chi connectivity index (χ2n) is 11.3. The summed E-state index contributed by atoms with van der Waals surface area (Å²) in [6.45, 7) is 4.05. The number of benzene rings is 3. The molecule has 4 aromatic rings. The largest absolute Gasteiger partial charge is 0.493 e. The number of nitrogens with one attached hydrogen (secondary N) is 3. The molecule has 3 amide bonds. The number of rotatable bonds is 12. The molecule has 1 aliphatic rings. The summed E-state index contributed by atoms with van der Waals surface area (Å²) in [6.07, 6.45) is 0.820. The van der Waals surface area contributed by atoms with E-state index in [0.717, 1.165) is 6.07 Å². The number of carboxylic acid groups (broad SMARTS) is 1.